The van der Waals surface area contributed by atoms with Crippen LogP contribution in [-0.4, -0.2) is 32.3 Å². The van der Waals surface area contributed by atoms with Gasteiger partial charge < -0.3 is 9.88 Å². The lowest BCUT2D eigenvalue weighted by atomic mass is 10.1. The number of aryl methyl sites for hydroxylation is 2. The SMILES string of the molecule is Cc1ccc(CN(CCc2ccccc2)C(=O)Cc2c(C)nc(-c3ccccn3)[nH]c2=O)s1. The quantitative estimate of drug-likeness (QED) is 0.426. The summed E-state index contributed by atoms with van der Waals surface area (Å²) in [5.74, 6) is 0.322. The molecule has 7 heteroatoms. The minimum atomic E-state index is -0.300. The van der Waals surface area contributed by atoms with Gasteiger partial charge in [0, 0.05) is 33.8 Å². The molecule has 0 saturated carbocycles. The molecule has 0 atom stereocenters. The van der Waals surface area contributed by atoms with Crippen molar-refractivity contribution < 1.29 is 4.79 Å². The first-order valence-corrected chi connectivity index (χ1v) is 11.7. The van der Waals surface area contributed by atoms with E-state index >= 15 is 0 Å². The first-order valence-electron chi connectivity index (χ1n) is 10.9. The highest BCUT2D eigenvalue weighted by molar-refractivity contribution is 7.11. The van der Waals surface area contributed by atoms with E-state index in [0.717, 1.165) is 11.3 Å². The van der Waals surface area contributed by atoms with Crippen LogP contribution in [0.5, 0.6) is 0 Å². The van der Waals surface area contributed by atoms with E-state index in [1.165, 1.54) is 10.4 Å². The Bertz CT molecular complexity index is 1280. The van der Waals surface area contributed by atoms with Gasteiger partial charge in [-0.15, -0.1) is 11.3 Å². The highest BCUT2D eigenvalue weighted by Gasteiger charge is 2.20. The minimum absolute atomic E-state index is 0.00973. The van der Waals surface area contributed by atoms with E-state index in [0.29, 0.717) is 35.9 Å². The van der Waals surface area contributed by atoms with Crippen molar-refractivity contribution in [2.24, 2.45) is 0 Å². The van der Waals surface area contributed by atoms with Crippen molar-refractivity contribution in [3.05, 3.63) is 104 Å². The normalized spacial score (nSPS) is 10.8. The number of hydrogen-bond donors (Lipinski definition) is 1. The molecule has 0 saturated heterocycles. The van der Waals surface area contributed by atoms with Crippen molar-refractivity contribution in [2.75, 3.05) is 6.54 Å². The lowest BCUT2D eigenvalue weighted by Crippen LogP contribution is -2.35. The van der Waals surface area contributed by atoms with Gasteiger partial charge in [0.15, 0.2) is 5.82 Å². The number of aromatic amines is 1. The first-order chi connectivity index (χ1) is 16.0. The van der Waals surface area contributed by atoms with E-state index in [1.807, 2.05) is 29.2 Å². The Balaban J connectivity index is 1.54. The van der Waals surface area contributed by atoms with Crippen LogP contribution in [0, 0.1) is 13.8 Å². The number of nitrogens with one attached hydrogen (secondary N) is 1. The fourth-order valence-corrected chi connectivity index (χ4v) is 4.57. The zero-order chi connectivity index (χ0) is 23.2. The summed E-state index contributed by atoms with van der Waals surface area (Å²) in [5.41, 5.74) is 2.40. The number of H-pyrrole nitrogens is 1. The molecule has 1 aromatic carbocycles. The largest absolute Gasteiger partial charge is 0.337 e. The molecule has 0 aliphatic carbocycles. The Morgan fingerprint density at radius 2 is 1.82 bits per heavy atom. The number of nitrogens with zero attached hydrogens (tertiary/aromatic N) is 3. The Morgan fingerprint density at radius 3 is 2.48 bits per heavy atom. The van der Waals surface area contributed by atoms with Crippen LogP contribution in [0.2, 0.25) is 0 Å². The molecule has 4 aromatic rings. The number of amides is 1. The smallest absolute Gasteiger partial charge is 0.255 e. The van der Waals surface area contributed by atoms with Crippen molar-refractivity contribution in [3.63, 3.8) is 0 Å². The molecule has 33 heavy (non-hydrogen) atoms. The molecular formula is C26H26N4O2S. The summed E-state index contributed by atoms with van der Waals surface area (Å²) in [6, 6.07) is 19.7. The van der Waals surface area contributed by atoms with Gasteiger partial charge in [-0.1, -0.05) is 36.4 Å². The van der Waals surface area contributed by atoms with Crippen molar-refractivity contribution in [1.29, 1.82) is 0 Å². The van der Waals surface area contributed by atoms with Crippen molar-refractivity contribution in [2.45, 2.75) is 33.2 Å². The Morgan fingerprint density at radius 1 is 1.03 bits per heavy atom. The number of aromatic nitrogens is 3. The maximum atomic E-state index is 13.3. The minimum Gasteiger partial charge on any atom is -0.337 e. The van der Waals surface area contributed by atoms with Crippen LogP contribution < -0.4 is 5.56 Å². The van der Waals surface area contributed by atoms with Gasteiger partial charge in [0.1, 0.15) is 5.69 Å². The molecule has 1 N–H and O–H groups in total. The maximum Gasteiger partial charge on any atom is 0.255 e. The molecule has 0 fully saturated rings. The molecule has 0 aliphatic heterocycles. The number of rotatable bonds is 8. The van der Waals surface area contributed by atoms with Crippen LogP contribution in [0.15, 0.2) is 71.7 Å². The summed E-state index contributed by atoms with van der Waals surface area (Å²) in [6.07, 6.45) is 2.41. The Hall–Kier alpha value is -3.58. The molecule has 168 valence electrons. The van der Waals surface area contributed by atoms with Crippen molar-refractivity contribution in [3.8, 4) is 11.5 Å². The monoisotopic (exact) mass is 458 g/mol. The van der Waals surface area contributed by atoms with E-state index in [2.05, 4.69) is 46.1 Å². The summed E-state index contributed by atoms with van der Waals surface area (Å²) in [4.78, 5) is 41.9. The molecule has 3 aromatic heterocycles. The third-order valence-corrected chi connectivity index (χ3v) is 6.45. The lowest BCUT2D eigenvalue weighted by Gasteiger charge is -2.22. The number of thiophene rings is 1. The van der Waals surface area contributed by atoms with Gasteiger partial charge in [0.05, 0.1) is 13.0 Å². The van der Waals surface area contributed by atoms with E-state index in [9.17, 15) is 9.59 Å². The molecule has 0 unspecified atom stereocenters. The standard InChI is InChI=1S/C26H26N4O2S/c1-18-11-12-21(33-18)17-30(15-13-20-8-4-3-5-9-20)24(31)16-22-19(2)28-25(29-26(22)32)23-10-6-7-14-27-23/h3-12,14H,13,15-17H2,1-2H3,(H,28,29,32). The van der Waals surface area contributed by atoms with Crippen molar-refractivity contribution in [1.82, 2.24) is 19.9 Å². The van der Waals surface area contributed by atoms with Gasteiger partial charge in [0.2, 0.25) is 5.91 Å². The summed E-state index contributed by atoms with van der Waals surface area (Å²) in [5, 5.41) is 0. The van der Waals surface area contributed by atoms with Gasteiger partial charge in [0.25, 0.3) is 5.56 Å². The number of carbonyl (C=O) groups excluding carboxylic acids is 1. The lowest BCUT2D eigenvalue weighted by molar-refractivity contribution is -0.131. The molecule has 0 spiro atoms. The van der Waals surface area contributed by atoms with Crippen LogP contribution in [0.4, 0.5) is 0 Å². The van der Waals surface area contributed by atoms with E-state index in [4.69, 9.17) is 0 Å². The van der Waals surface area contributed by atoms with Crippen LogP contribution in [0.3, 0.4) is 0 Å². The summed E-state index contributed by atoms with van der Waals surface area (Å²) in [6.45, 7) is 4.93. The molecule has 0 bridgehead atoms. The summed E-state index contributed by atoms with van der Waals surface area (Å²) < 4.78 is 0. The number of benzene rings is 1. The highest BCUT2D eigenvalue weighted by Crippen LogP contribution is 2.19. The Kier molecular flexibility index (Phi) is 7.10. The average Bonchev–Trinajstić information content (AvgIpc) is 3.24. The third-order valence-electron chi connectivity index (χ3n) is 5.47. The van der Waals surface area contributed by atoms with E-state index < -0.39 is 0 Å². The molecular weight excluding hydrogens is 432 g/mol. The summed E-state index contributed by atoms with van der Waals surface area (Å²) >= 11 is 1.69. The molecule has 4 rings (SSSR count). The second-order valence-corrected chi connectivity index (χ2v) is 9.31. The van der Waals surface area contributed by atoms with Gasteiger partial charge in [-0.3, -0.25) is 14.6 Å². The number of pyridine rings is 1. The van der Waals surface area contributed by atoms with Gasteiger partial charge in [-0.25, -0.2) is 4.98 Å². The van der Waals surface area contributed by atoms with Crippen LogP contribution in [-0.2, 0) is 24.2 Å². The second kappa shape index (κ2) is 10.4. The van der Waals surface area contributed by atoms with E-state index in [1.54, 1.807) is 36.6 Å². The van der Waals surface area contributed by atoms with Crippen LogP contribution in [0.25, 0.3) is 11.5 Å². The van der Waals surface area contributed by atoms with Gasteiger partial charge in [-0.05, 0) is 50.1 Å². The molecule has 0 aliphatic rings. The molecule has 0 radical (unpaired) electrons. The first kappa shape index (κ1) is 22.6. The second-order valence-electron chi connectivity index (χ2n) is 7.93. The van der Waals surface area contributed by atoms with E-state index in [-0.39, 0.29) is 17.9 Å². The zero-order valence-electron chi connectivity index (χ0n) is 18.7. The van der Waals surface area contributed by atoms with Gasteiger partial charge >= 0.3 is 0 Å². The predicted molar refractivity (Wildman–Crippen MR) is 131 cm³/mol. The third kappa shape index (κ3) is 5.81. The zero-order valence-corrected chi connectivity index (χ0v) is 19.6. The van der Waals surface area contributed by atoms with Crippen LogP contribution >= 0.6 is 11.3 Å². The summed E-state index contributed by atoms with van der Waals surface area (Å²) in [7, 11) is 0. The number of hydrogen-bond acceptors (Lipinski definition) is 5. The Labute approximate surface area is 197 Å². The number of carbonyl (C=O) groups is 1. The average molecular weight is 459 g/mol. The van der Waals surface area contributed by atoms with Crippen LogP contribution in [0.1, 0.15) is 26.6 Å². The highest BCUT2D eigenvalue weighted by atomic mass is 32.1. The van der Waals surface area contributed by atoms with Gasteiger partial charge in [-0.2, -0.15) is 0 Å². The maximum absolute atomic E-state index is 13.3. The van der Waals surface area contributed by atoms with Crippen molar-refractivity contribution >= 4 is 17.2 Å². The molecule has 6 nitrogen and oxygen atoms in total. The fraction of sp³-hybridized carbons (Fsp3) is 0.231. The molecule has 1 amide bonds. The predicted octanol–water partition coefficient (Wildman–Crippen LogP) is 4.32. The fourth-order valence-electron chi connectivity index (χ4n) is 3.66. The topological polar surface area (TPSA) is 79.0 Å². The molecule has 3 heterocycles.